The number of aliphatic carboxylic acids is 4. The van der Waals surface area contributed by atoms with Gasteiger partial charge in [0.05, 0.1) is 25.1 Å². The maximum Gasteiger partial charge on any atom is 0.331 e. The molecule has 1 aromatic heterocycles. The van der Waals surface area contributed by atoms with Gasteiger partial charge in [-0.15, -0.1) is 0 Å². The van der Waals surface area contributed by atoms with Crippen LogP contribution in [0.25, 0.3) is 11.1 Å². The number of carboxylic acids is 4. The van der Waals surface area contributed by atoms with Gasteiger partial charge in [-0.1, -0.05) is 60.7 Å². The molecular formula is C49H55F2N9O15S. The van der Waals surface area contributed by atoms with E-state index in [1.807, 2.05) is 10.6 Å². The predicted octanol–water partition coefficient (Wildman–Crippen LogP) is 0.0187. The standard InChI is InChI=1S/C49H55F2N9O15S/c1-25-42(45(68)60(23-33(53)27-8-3-2-4-9-27)49(75)59(25)22-29-30(50)11-6-12-31(29)51)28-10-5-7-26(19-28)13-16-39(62)55-35(47(71)72)15-18-40(63)56-34(46(69)70)14-17-38(61)54-21-32(52)43(66)57-36(20-41(64)65)44(67)58-37(24-76)48(73)74/h2-12,19,21,33-37,76H,13-18,20,22-24,52-53H2,1H3,(H,54,61)(H,55,62)(H,56,63)(H,57,66)(H,58,67)(H,64,65)(H,69,70)(H,71,72)(H,73,74)/b32-21-/t33-,34+,35-,36-,37-/m0/s1. The number of hydrogen-bond acceptors (Lipinski definition) is 14. The highest BCUT2D eigenvalue weighted by Gasteiger charge is 2.29. The molecule has 27 heteroatoms. The van der Waals surface area contributed by atoms with E-state index in [1.165, 1.54) is 13.0 Å². The molecule has 76 heavy (non-hydrogen) atoms. The van der Waals surface area contributed by atoms with Crippen molar-refractivity contribution in [3.8, 4) is 11.1 Å². The second kappa shape index (κ2) is 28.1. The Bertz CT molecular complexity index is 2990. The van der Waals surface area contributed by atoms with Crippen LogP contribution in [0.2, 0.25) is 0 Å². The molecule has 0 aliphatic carbocycles. The van der Waals surface area contributed by atoms with Gasteiger partial charge in [-0.3, -0.25) is 42.7 Å². The van der Waals surface area contributed by atoms with E-state index < -0.39 is 156 Å². The molecule has 406 valence electrons. The van der Waals surface area contributed by atoms with Crippen LogP contribution in [0.3, 0.4) is 0 Å². The number of benzene rings is 3. The molecule has 0 radical (unpaired) electrons. The number of aromatic nitrogens is 2. The molecule has 0 bridgehead atoms. The predicted molar refractivity (Wildman–Crippen MR) is 268 cm³/mol. The van der Waals surface area contributed by atoms with Gasteiger partial charge in [0.25, 0.3) is 11.5 Å². The number of aryl methyl sites for hydroxylation is 1. The lowest BCUT2D eigenvalue weighted by molar-refractivity contribution is -0.143. The fourth-order valence-corrected chi connectivity index (χ4v) is 7.69. The number of halogens is 2. The molecular weight excluding hydrogens is 1020 g/mol. The monoisotopic (exact) mass is 1080 g/mol. The van der Waals surface area contributed by atoms with Crippen LogP contribution < -0.4 is 49.3 Å². The first-order chi connectivity index (χ1) is 35.9. The average molecular weight is 1080 g/mol. The molecule has 1 heterocycles. The van der Waals surface area contributed by atoms with E-state index in [2.05, 4.69) is 28.6 Å². The maximum atomic E-state index is 14.9. The summed E-state index contributed by atoms with van der Waals surface area (Å²) in [4.78, 5) is 138. The lowest BCUT2D eigenvalue weighted by Gasteiger charge is -2.20. The first-order valence-electron chi connectivity index (χ1n) is 23.0. The zero-order valence-corrected chi connectivity index (χ0v) is 41.4. The minimum atomic E-state index is -1.80. The number of thiol groups is 1. The van der Waals surface area contributed by atoms with Crippen molar-refractivity contribution in [2.75, 3.05) is 5.75 Å². The van der Waals surface area contributed by atoms with E-state index >= 15 is 0 Å². The van der Waals surface area contributed by atoms with Crippen molar-refractivity contribution in [2.45, 2.75) is 95.2 Å². The van der Waals surface area contributed by atoms with Gasteiger partial charge >= 0.3 is 29.6 Å². The molecule has 0 fully saturated rings. The molecule has 0 saturated heterocycles. The SMILES string of the molecule is Cc1c(-c2cccc(CCC(=O)N[C@@H](CCC(=O)N[C@H](CCC(=O)N/C=C(\N)C(=O)N[C@@H](CC(=O)O)C(=O)N[C@@H](CS)C(=O)O)C(=O)O)C(=O)O)c2)c(=O)n(C[C@H](N)c2ccccc2)c(=O)n1Cc1c(F)cccc1F. The van der Waals surface area contributed by atoms with E-state index in [0.29, 0.717) is 17.3 Å². The topological polar surface area (TPSA) is 391 Å². The summed E-state index contributed by atoms with van der Waals surface area (Å²) in [7, 11) is 0. The second-order valence-electron chi connectivity index (χ2n) is 17.0. The summed E-state index contributed by atoms with van der Waals surface area (Å²) in [5, 5.41) is 48.4. The van der Waals surface area contributed by atoms with Crippen LogP contribution in [0.5, 0.6) is 0 Å². The maximum absolute atomic E-state index is 14.9. The number of carboxylic acid groups (broad SMARTS) is 4. The lowest BCUT2D eigenvalue weighted by Crippen LogP contribution is -2.53. The van der Waals surface area contributed by atoms with Crippen molar-refractivity contribution in [1.29, 1.82) is 0 Å². The Morgan fingerprint density at radius 2 is 1.26 bits per heavy atom. The van der Waals surface area contributed by atoms with Gasteiger partial charge in [0.2, 0.25) is 23.6 Å². The number of nitrogens with two attached hydrogens (primary N) is 2. The highest BCUT2D eigenvalue weighted by molar-refractivity contribution is 7.80. The summed E-state index contributed by atoms with van der Waals surface area (Å²) >= 11 is 3.78. The Kier molecular flexibility index (Phi) is 22.1. The molecule has 24 nitrogen and oxygen atoms in total. The first kappa shape index (κ1) is 59.8. The van der Waals surface area contributed by atoms with Crippen molar-refractivity contribution in [3.05, 3.63) is 140 Å². The number of nitrogens with one attached hydrogen (secondary N) is 5. The van der Waals surface area contributed by atoms with Crippen molar-refractivity contribution >= 4 is 66.0 Å². The normalized spacial score (nSPS) is 13.2. The number of carbonyl (C=O) groups is 9. The molecule has 0 aliphatic rings. The van der Waals surface area contributed by atoms with Crippen LogP contribution in [0, 0.1) is 18.6 Å². The zero-order valence-electron chi connectivity index (χ0n) is 40.5. The Hall–Kier alpha value is -8.72. The van der Waals surface area contributed by atoms with E-state index in [4.69, 9.17) is 21.7 Å². The molecule has 4 rings (SSSR count). The molecule has 5 atom stereocenters. The number of carbonyl (C=O) groups excluding carboxylic acids is 5. The van der Waals surface area contributed by atoms with E-state index in [9.17, 15) is 71.7 Å². The van der Waals surface area contributed by atoms with Crippen molar-refractivity contribution in [3.63, 3.8) is 0 Å². The molecule has 5 amide bonds. The van der Waals surface area contributed by atoms with Crippen molar-refractivity contribution < 1.29 is 72.4 Å². The summed E-state index contributed by atoms with van der Waals surface area (Å²) in [6.07, 6.45) is -2.87. The number of hydrogen-bond donors (Lipinski definition) is 12. The summed E-state index contributed by atoms with van der Waals surface area (Å²) in [6.45, 7) is 0.572. The van der Waals surface area contributed by atoms with Gasteiger partial charge in [0.15, 0.2) is 0 Å². The third kappa shape index (κ3) is 17.2. The van der Waals surface area contributed by atoms with Crippen LogP contribution in [0.4, 0.5) is 8.78 Å². The largest absolute Gasteiger partial charge is 0.481 e. The summed E-state index contributed by atoms with van der Waals surface area (Å²) < 4.78 is 31.8. The van der Waals surface area contributed by atoms with E-state index in [-0.39, 0.29) is 42.0 Å². The molecule has 13 N–H and O–H groups in total. The number of rotatable bonds is 28. The fourth-order valence-electron chi connectivity index (χ4n) is 7.44. The highest BCUT2D eigenvalue weighted by Crippen LogP contribution is 2.23. The molecule has 3 aromatic carbocycles. The molecule has 0 saturated carbocycles. The van der Waals surface area contributed by atoms with Gasteiger partial charge < -0.3 is 58.5 Å². The first-order valence-corrected chi connectivity index (χ1v) is 23.7. The van der Waals surface area contributed by atoms with Gasteiger partial charge in [-0.25, -0.2) is 28.0 Å². The van der Waals surface area contributed by atoms with Crippen LogP contribution in [0.15, 0.2) is 94.3 Å². The van der Waals surface area contributed by atoms with Crippen LogP contribution in [0.1, 0.15) is 67.0 Å². The summed E-state index contributed by atoms with van der Waals surface area (Å²) in [6, 6.07) is 10.7. The minimum absolute atomic E-state index is 0.00151. The minimum Gasteiger partial charge on any atom is -0.481 e. The zero-order chi connectivity index (χ0) is 56.4. The quantitative estimate of drug-likeness (QED) is 0.0263. The van der Waals surface area contributed by atoms with E-state index in [1.54, 1.807) is 54.6 Å². The average Bonchev–Trinajstić information content (AvgIpc) is 3.37. The lowest BCUT2D eigenvalue weighted by atomic mass is 10.00. The Balaban J connectivity index is 1.37. The highest BCUT2D eigenvalue weighted by atomic mass is 32.1. The Labute approximate surface area is 435 Å². The third-order valence-electron chi connectivity index (χ3n) is 11.6. The molecule has 4 aromatic rings. The Morgan fingerprint density at radius 3 is 1.83 bits per heavy atom. The third-order valence-corrected chi connectivity index (χ3v) is 11.9. The number of amides is 5. The van der Waals surface area contributed by atoms with Gasteiger partial charge in [-0.05, 0) is 55.0 Å². The molecule has 0 aliphatic heterocycles. The van der Waals surface area contributed by atoms with Gasteiger partial charge in [0.1, 0.15) is 41.5 Å². The van der Waals surface area contributed by atoms with Gasteiger partial charge in [0, 0.05) is 48.5 Å². The van der Waals surface area contributed by atoms with Crippen molar-refractivity contribution in [1.82, 2.24) is 35.7 Å². The van der Waals surface area contributed by atoms with Crippen LogP contribution >= 0.6 is 12.6 Å². The van der Waals surface area contributed by atoms with Crippen LogP contribution in [-0.2, 0) is 62.7 Å². The van der Waals surface area contributed by atoms with Crippen LogP contribution in [-0.4, -0.2) is 113 Å². The van der Waals surface area contributed by atoms with Gasteiger partial charge in [-0.2, -0.15) is 12.6 Å². The summed E-state index contributed by atoms with van der Waals surface area (Å²) in [5.41, 5.74) is 10.7. The Morgan fingerprint density at radius 1 is 0.697 bits per heavy atom. The van der Waals surface area contributed by atoms with Crippen molar-refractivity contribution in [2.24, 2.45) is 11.5 Å². The molecule has 0 unspecified atom stereocenters. The second-order valence-corrected chi connectivity index (χ2v) is 17.4. The smallest absolute Gasteiger partial charge is 0.331 e. The summed E-state index contributed by atoms with van der Waals surface area (Å²) in [5.74, 6) is -13.4. The number of nitrogens with zero attached hydrogens (tertiary/aromatic N) is 2. The molecule has 0 spiro atoms. The van der Waals surface area contributed by atoms with E-state index in [0.717, 1.165) is 21.3 Å². The fraction of sp³-hybridized carbons (Fsp3) is 0.327.